The lowest BCUT2D eigenvalue weighted by atomic mass is 10.1. The average Bonchev–Trinajstić information content (AvgIpc) is 3.30. The summed E-state index contributed by atoms with van der Waals surface area (Å²) in [5, 5.41) is 8.01. The molecule has 41 heavy (non-hydrogen) atoms. The Labute approximate surface area is 240 Å². The predicted octanol–water partition coefficient (Wildman–Crippen LogP) is 4.22. The number of amides is 4. The smallest absolute Gasteiger partial charge is 0.411 e. The van der Waals surface area contributed by atoms with Gasteiger partial charge >= 0.3 is 12.2 Å². The highest BCUT2D eigenvalue weighted by molar-refractivity contribution is 5.97. The first kappa shape index (κ1) is 31.3. The summed E-state index contributed by atoms with van der Waals surface area (Å²) >= 11 is 0. The standard InChI is InChI=1S/C30H40N4O7/c1-29(2,3)40-27(37)31-17-25(35)32-22-16-24(34(18-22)28(38)41-30(4,5)6)26(36)33-21-12-14-23(15-13-21)39-19-20-10-8-7-9-11-20/h7-15,22,24H,16-19H2,1-6H3,(H,31,37)(H,32,35)(H,33,36)/t22-,24+/m1/s1. The summed E-state index contributed by atoms with van der Waals surface area (Å²) in [5.74, 6) is -0.250. The first-order chi connectivity index (χ1) is 19.2. The second-order valence-corrected chi connectivity index (χ2v) is 11.8. The van der Waals surface area contributed by atoms with Gasteiger partial charge in [-0.05, 0) is 77.8 Å². The maximum atomic E-state index is 13.3. The third kappa shape index (κ3) is 10.7. The zero-order chi connectivity index (χ0) is 30.2. The normalized spacial score (nSPS) is 16.9. The number of nitrogens with one attached hydrogen (secondary N) is 3. The van der Waals surface area contributed by atoms with Crippen LogP contribution in [-0.4, -0.2) is 65.3 Å². The van der Waals surface area contributed by atoms with E-state index in [2.05, 4.69) is 16.0 Å². The number of ether oxygens (including phenoxy) is 3. The van der Waals surface area contributed by atoms with Crippen LogP contribution in [-0.2, 0) is 25.7 Å². The molecule has 11 nitrogen and oxygen atoms in total. The molecule has 2 aromatic carbocycles. The zero-order valence-electron chi connectivity index (χ0n) is 24.5. The van der Waals surface area contributed by atoms with Crippen LogP contribution in [0, 0.1) is 0 Å². The topological polar surface area (TPSA) is 135 Å². The predicted molar refractivity (Wildman–Crippen MR) is 153 cm³/mol. The Bertz CT molecular complexity index is 1200. The van der Waals surface area contributed by atoms with Gasteiger partial charge in [-0.15, -0.1) is 0 Å². The van der Waals surface area contributed by atoms with Gasteiger partial charge in [0.1, 0.15) is 36.1 Å². The van der Waals surface area contributed by atoms with Crippen LogP contribution < -0.4 is 20.7 Å². The van der Waals surface area contributed by atoms with Crippen LogP contribution in [0.4, 0.5) is 15.3 Å². The van der Waals surface area contributed by atoms with E-state index < -0.39 is 47.3 Å². The molecule has 2 atom stereocenters. The van der Waals surface area contributed by atoms with Crippen molar-refractivity contribution in [1.29, 1.82) is 0 Å². The van der Waals surface area contributed by atoms with E-state index in [1.807, 2.05) is 30.3 Å². The second-order valence-electron chi connectivity index (χ2n) is 11.8. The summed E-state index contributed by atoms with van der Waals surface area (Å²) < 4.78 is 16.5. The fourth-order valence-corrected chi connectivity index (χ4v) is 4.06. The van der Waals surface area contributed by atoms with E-state index in [9.17, 15) is 19.2 Å². The summed E-state index contributed by atoms with van der Waals surface area (Å²) in [7, 11) is 0. The quantitative estimate of drug-likeness (QED) is 0.434. The number of carbonyl (C=O) groups excluding carboxylic acids is 4. The highest BCUT2D eigenvalue weighted by Crippen LogP contribution is 2.24. The second kappa shape index (κ2) is 13.4. The van der Waals surface area contributed by atoms with Crippen molar-refractivity contribution < 1.29 is 33.4 Å². The molecular weight excluding hydrogens is 528 g/mol. The fraction of sp³-hybridized carbons (Fsp3) is 0.467. The molecule has 0 aliphatic carbocycles. The van der Waals surface area contributed by atoms with Gasteiger partial charge in [0.2, 0.25) is 11.8 Å². The van der Waals surface area contributed by atoms with Crippen LogP contribution in [0.2, 0.25) is 0 Å². The van der Waals surface area contributed by atoms with Crippen LogP contribution in [0.15, 0.2) is 54.6 Å². The number of benzene rings is 2. The van der Waals surface area contributed by atoms with Crippen molar-refractivity contribution in [3.63, 3.8) is 0 Å². The highest BCUT2D eigenvalue weighted by Gasteiger charge is 2.42. The minimum atomic E-state index is -0.886. The van der Waals surface area contributed by atoms with Gasteiger partial charge in [0, 0.05) is 18.3 Å². The lowest BCUT2D eigenvalue weighted by Gasteiger charge is -2.28. The largest absolute Gasteiger partial charge is 0.489 e. The molecular formula is C30H40N4O7. The van der Waals surface area contributed by atoms with E-state index in [1.54, 1.807) is 65.8 Å². The Morgan fingerprint density at radius 2 is 1.51 bits per heavy atom. The number of likely N-dealkylation sites (tertiary alicyclic amines) is 1. The zero-order valence-corrected chi connectivity index (χ0v) is 24.5. The van der Waals surface area contributed by atoms with Crippen molar-refractivity contribution in [3.05, 3.63) is 60.2 Å². The number of carbonyl (C=O) groups is 4. The maximum absolute atomic E-state index is 13.3. The molecule has 11 heteroatoms. The molecule has 2 aromatic rings. The van der Waals surface area contributed by atoms with E-state index in [0.717, 1.165) is 5.56 Å². The maximum Gasteiger partial charge on any atom is 0.411 e. The molecule has 3 N–H and O–H groups in total. The van der Waals surface area contributed by atoms with Gasteiger partial charge in [0.05, 0.1) is 0 Å². The molecule has 0 spiro atoms. The van der Waals surface area contributed by atoms with E-state index in [1.165, 1.54) is 4.90 Å². The highest BCUT2D eigenvalue weighted by atomic mass is 16.6. The van der Waals surface area contributed by atoms with Crippen LogP contribution >= 0.6 is 0 Å². The number of alkyl carbamates (subject to hydrolysis) is 1. The van der Waals surface area contributed by atoms with Crippen molar-refractivity contribution in [2.75, 3.05) is 18.4 Å². The molecule has 1 aliphatic rings. The van der Waals surface area contributed by atoms with E-state index in [0.29, 0.717) is 18.0 Å². The van der Waals surface area contributed by atoms with Crippen LogP contribution in [0.25, 0.3) is 0 Å². The third-order valence-corrected chi connectivity index (χ3v) is 5.76. The van der Waals surface area contributed by atoms with E-state index in [-0.39, 0.29) is 19.5 Å². The fourth-order valence-electron chi connectivity index (χ4n) is 4.06. The van der Waals surface area contributed by atoms with Crippen LogP contribution in [0.5, 0.6) is 5.75 Å². The summed E-state index contributed by atoms with van der Waals surface area (Å²) in [6.07, 6.45) is -1.21. The van der Waals surface area contributed by atoms with Gasteiger partial charge in [-0.1, -0.05) is 30.3 Å². The van der Waals surface area contributed by atoms with Gasteiger partial charge in [-0.2, -0.15) is 0 Å². The van der Waals surface area contributed by atoms with Crippen molar-refractivity contribution in [2.24, 2.45) is 0 Å². The molecule has 0 bridgehead atoms. The van der Waals surface area contributed by atoms with Gasteiger partial charge in [-0.25, -0.2) is 9.59 Å². The van der Waals surface area contributed by atoms with Crippen molar-refractivity contribution in [3.8, 4) is 5.75 Å². The Morgan fingerprint density at radius 1 is 0.878 bits per heavy atom. The number of anilines is 1. The summed E-state index contributed by atoms with van der Waals surface area (Å²) in [6, 6.07) is 15.3. The lowest BCUT2D eigenvalue weighted by Crippen LogP contribution is -2.46. The lowest BCUT2D eigenvalue weighted by molar-refractivity contribution is -0.121. The first-order valence-electron chi connectivity index (χ1n) is 13.5. The Morgan fingerprint density at radius 3 is 2.12 bits per heavy atom. The summed E-state index contributed by atoms with van der Waals surface area (Å²) in [4.78, 5) is 51.9. The Kier molecular flexibility index (Phi) is 10.2. The summed E-state index contributed by atoms with van der Waals surface area (Å²) in [5.41, 5.74) is 0.0957. The molecule has 0 unspecified atom stereocenters. The summed E-state index contributed by atoms with van der Waals surface area (Å²) in [6.45, 7) is 10.5. The van der Waals surface area contributed by atoms with Gasteiger partial charge < -0.3 is 30.2 Å². The molecule has 0 radical (unpaired) electrons. The van der Waals surface area contributed by atoms with Crippen molar-refractivity contribution in [2.45, 2.75) is 77.9 Å². The molecule has 1 saturated heterocycles. The monoisotopic (exact) mass is 568 g/mol. The molecule has 1 fully saturated rings. The molecule has 1 heterocycles. The molecule has 1 aliphatic heterocycles. The van der Waals surface area contributed by atoms with Gasteiger partial charge in [0.25, 0.3) is 0 Å². The van der Waals surface area contributed by atoms with Gasteiger partial charge in [0.15, 0.2) is 0 Å². The SMILES string of the molecule is CC(C)(C)OC(=O)NCC(=O)N[C@@H]1C[C@@H](C(=O)Nc2ccc(OCc3ccccc3)cc2)N(C(=O)OC(C)(C)C)C1. The number of hydrogen-bond acceptors (Lipinski definition) is 7. The number of rotatable bonds is 8. The van der Waals surface area contributed by atoms with Crippen molar-refractivity contribution >= 4 is 29.7 Å². The third-order valence-electron chi connectivity index (χ3n) is 5.76. The minimum absolute atomic E-state index is 0.0669. The Hall–Kier alpha value is -4.28. The first-order valence-corrected chi connectivity index (χ1v) is 13.5. The number of nitrogens with zero attached hydrogens (tertiary/aromatic N) is 1. The van der Waals surface area contributed by atoms with Crippen LogP contribution in [0.1, 0.15) is 53.5 Å². The van der Waals surface area contributed by atoms with Crippen molar-refractivity contribution in [1.82, 2.24) is 15.5 Å². The Balaban J connectivity index is 1.60. The van der Waals surface area contributed by atoms with E-state index >= 15 is 0 Å². The average molecular weight is 569 g/mol. The molecule has 222 valence electrons. The minimum Gasteiger partial charge on any atom is -0.489 e. The van der Waals surface area contributed by atoms with Gasteiger partial charge in [-0.3, -0.25) is 14.5 Å². The molecule has 0 saturated carbocycles. The van der Waals surface area contributed by atoms with Crippen LogP contribution in [0.3, 0.4) is 0 Å². The number of hydrogen-bond donors (Lipinski definition) is 3. The molecule has 0 aromatic heterocycles. The molecule has 3 rings (SSSR count). The molecule has 4 amide bonds. The van der Waals surface area contributed by atoms with E-state index in [4.69, 9.17) is 14.2 Å².